The molecule has 0 unspecified atom stereocenters. The fraction of sp³-hybridized carbons (Fsp3) is 0.818. The van der Waals surface area contributed by atoms with Crippen LogP contribution in [-0.2, 0) is 0 Å². The van der Waals surface area contributed by atoms with Crippen molar-refractivity contribution in [1.29, 1.82) is 0 Å². The first-order valence-corrected chi connectivity index (χ1v) is 4.87. The van der Waals surface area contributed by atoms with Crippen LogP contribution in [0.3, 0.4) is 0 Å². The third-order valence-electron chi connectivity index (χ3n) is 2.07. The molecule has 0 fully saturated rings. The molecule has 0 saturated heterocycles. The van der Waals surface area contributed by atoms with Crippen molar-refractivity contribution in [3.05, 3.63) is 0 Å². The van der Waals surface area contributed by atoms with Crippen molar-refractivity contribution in [2.45, 2.75) is 33.1 Å². The van der Waals surface area contributed by atoms with Gasteiger partial charge in [0.1, 0.15) is 0 Å². The van der Waals surface area contributed by atoms with E-state index in [-0.39, 0.29) is 12.0 Å². The van der Waals surface area contributed by atoms with Gasteiger partial charge < -0.3 is 10.4 Å². The van der Waals surface area contributed by atoms with Gasteiger partial charge in [0.2, 0.25) is 0 Å². The molecule has 2 N–H and O–H groups in total. The number of terminal acetylenes is 1. The second kappa shape index (κ2) is 6.94. The molecule has 0 aliphatic heterocycles. The molecule has 0 bridgehead atoms. The van der Waals surface area contributed by atoms with Gasteiger partial charge in [-0.1, -0.05) is 13.8 Å². The van der Waals surface area contributed by atoms with Crippen LogP contribution in [0.15, 0.2) is 0 Å². The van der Waals surface area contributed by atoms with Gasteiger partial charge in [-0.3, -0.25) is 0 Å². The van der Waals surface area contributed by atoms with Gasteiger partial charge in [0, 0.05) is 19.6 Å². The summed E-state index contributed by atoms with van der Waals surface area (Å²) in [7, 11) is 0. The predicted molar refractivity (Wildman–Crippen MR) is 56.4 cm³/mol. The lowest BCUT2D eigenvalue weighted by Gasteiger charge is -2.23. The van der Waals surface area contributed by atoms with Gasteiger partial charge in [-0.25, -0.2) is 0 Å². The van der Waals surface area contributed by atoms with E-state index in [1.165, 1.54) is 0 Å². The summed E-state index contributed by atoms with van der Waals surface area (Å²) < 4.78 is 0. The molecule has 0 aliphatic carbocycles. The van der Waals surface area contributed by atoms with Crippen LogP contribution in [-0.4, -0.2) is 24.8 Å². The average molecular weight is 183 g/mol. The Hall–Kier alpha value is -0.520. The molecule has 0 spiro atoms. The highest BCUT2D eigenvalue weighted by atomic mass is 16.3. The summed E-state index contributed by atoms with van der Waals surface area (Å²) in [4.78, 5) is 0. The molecule has 0 aromatic carbocycles. The van der Waals surface area contributed by atoms with Crippen molar-refractivity contribution in [3.63, 3.8) is 0 Å². The quantitative estimate of drug-likeness (QED) is 0.462. The SMILES string of the molecule is C#CCCCNCC(C)(C)CCO. The summed E-state index contributed by atoms with van der Waals surface area (Å²) in [5, 5.41) is 12.1. The summed E-state index contributed by atoms with van der Waals surface area (Å²) in [6.07, 6.45) is 7.85. The van der Waals surface area contributed by atoms with E-state index in [0.29, 0.717) is 0 Å². The molecule has 2 heteroatoms. The molecule has 0 aliphatic rings. The second-order valence-electron chi connectivity index (χ2n) is 4.12. The second-order valence-corrected chi connectivity index (χ2v) is 4.12. The Morgan fingerprint density at radius 3 is 2.69 bits per heavy atom. The number of unbranched alkanes of at least 4 members (excludes halogenated alkanes) is 1. The lowest BCUT2D eigenvalue weighted by Crippen LogP contribution is -2.30. The number of rotatable bonds is 7. The maximum Gasteiger partial charge on any atom is 0.0436 e. The zero-order valence-electron chi connectivity index (χ0n) is 8.77. The molecule has 0 atom stereocenters. The fourth-order valence-corrected chi connectivity index (χ4v) is 1.13. The maximum absolute atomic E-state index is 8.79. The number of aliphatic hydroxyl groups is 1. The highest BCUT2D eigenvalue weighted by molar-refractivity contribution is 4.83. The molecule has 0 heterocycles. The van der Waals surface area contributed by atoms with Crippen molar-refractivity contribution in [2.75, 3.05) is 19.7 Å². The Bertz CT molecular complexity index is 158. The number of hydrogen-bond acceptors (Lipinski definition) is 2. The van der Waals surface area contributed by atoms with Crippen LogP contribution < -0.4 is 5.32 Å². The summed E-state index contributed by atoms with van der Waals surface area (Å²) in [5.74, 6) is 2.61. The molecule has 0 saturated carbocycles. The van der Waals surface area contributed by atoms with E-state index in [2.05, 4.69) is 25.1 Å². The van der Waals surface area contributed by atoms with Crippen molar-refractivity contribution in [2.24, 2.45) is 5.41 Å². The number of aliphatic hydroxyl groups excluding tert-OH is 1. The van der Waals surface area contributed by atoms with Gasteiger partial charge in [0.15, 0.2) is 0 Å². The van der Waals surface area contributed by atoms with E-state index in [4.69, 9.17) is 11.5 Å². The molecule has 0 aromatic rings. The zero-order valence-corrected chi connectivity index (χ0v) is 8.77. The van der Waals surface area contributed by atoms with Gasteiger partial charge in [0.25, 0.3) is 0 Å². The normalized spacial score (nSPS) is 11.2. The summed E-state index contributed by atoms with van der Waals surface area (Å²) in [6.45, 7) is 6.48. The van der Waals surface area contributed by atoms with Gasteiger partial charge in [-0.2, -0.15) is 0 Å². The van der Waals surface area contributed by atoms with Crippen molar-refractivity contribution >= 4 is 0 Å². The molecule has 0 aromatic heterocycles. The Labute approximate surface area is 81.7 Å². The molecule has 13 heavy (non-hydrogen) atoms. The standard InChI is InChI=1S/C11H21NO/c1-4-5-6-8-12-10-11(2,3)7-9-13/h1,12-13H,5-10H2,2-3H3. The number of hydrogen-bond donors (Lipinski definition) is 2. The lowest BCUT2D eigenvalue weighted by molar-refractivity contribution is 0.207. The summed E-state index contributed by atoms with van der Waals surface area (Å²) >= 11 is 0. The third kappa shape index (κ3) is 7.83. The van der Waals surface area contributed by atoms with Crippen LogP contribution in [0.4, 0.5) is 0 Å². The smallest absolute Gasteiger partial charge is 0.0436 e. The van der Waals surface area contributed by atoms with Gasteiger partial charge in [-0.15, -0.1) is 12.3 Å². The van der Waals surface area contributed by atoms with E-state index < -0.39 is 0 Å². The fourth-order valence-electron chi connectivity index (χ4n) is 1.13. The lowest BCUT2D eigenvalue weighted by atomic mass is 9.90. The Balaban J connectivity index is 3.36. The van der Waals surface area contributed by atoms with Crippen LogP contribution in [0.1, 0.15) is 33.1 Å². The molecule has 76 valence electrons. The Morgan fingerprint density at radius 1 is 1.46 bits per heavy atom. The van der Waals surface area contributed by atoms with Crippen LogP contribution in [0.25, 0.3) is 0 Å². The highest BCUT2D eigenvalue weighted by Gasteiger charge is 2.15. The summed E-state index contributed by atoms with van der Waals surface area (Å²) in [5.41, 5.74) is 0.185. The highest BCUT2D eigenvalue weighted by Crippen LogP contribution is 2.17. The van der Waals surface area contributed by atoms with E-state index in [9.17, 15) is 0 Å². The van der Waals surface area contributed by atoms with Gasteiger partial charge in [0.05, 0.1) is 0 Å². The first-order valence-electron chi connectivity index (χ1n) is 4.87. The first kappa shape index (κ1) is 12.5. The van der Waals surface area contributed by atoms with Crippen molar-refractivity contribution in [3.8, 4) is 12.3 Å². The predicted octanol–water partition coefficient (Wildman–Crippen LogP) is 1.40. The summed E-state index contributed by atoms with van der Waals surface area (Å²) in [6, 6.07) is 0. The van der Waals surface area contributed by atoms with Crippen molar-refractivity contribution in [1.82, 2.24) is 5.32 Å². The van der Waals surface area contributed by atoms with E-state index in [1.54, 1.807) is 0 Å². The van der Waals surface area contributed by atoms with E-state index >= 15 is 0 Å². The monoisotopic (exact) mass is 183 g/mol. The number of nitrogens with one attached hydrogen (secondary N) is 1. The third-order valence-corrected chi connectivity index (χ3v) is 2.07. The maximum atomic E-state index is 8.79. The topological polar surface area (TPSA) is 32.3 Å². The van der Waals surface area contributed by atoms with Crippen LogP contribution in [0.5, 0.6) is 0 Å². The Kier molecular flexibility index (Phi) is 6.66. The molecule has 2 nitrogen and oxygen atoms in total. The molecule has 0 amide bonds. The molecule has 0 radical (unpaired) electrons. The van der Waals surface area contributed by atoms with Gasteiger partial charge >= 0.3 is 0 Å². The minimum absolute atomic E-state index is 0.185. The first-order chi connectivity index (χ1) is 6.12. The van der Waals surface area contributed by atoms with Crippen LogP contribution in [0, 0.1) is 17.8 Å². The van der Waals surface area contributed by atoms with Crippen LogP contribution in [0.2, 0.25) is 0 Å². The van der Waals surface area contributed by atoms with E-state index in [1.807, 2.05) is 0 Å². The zero-order chi connectivity index (χ0) is 10.2. The molecule has 0 rings (SSSR count). The molecular weight excluding hydrogens is 162 g/mol. The molecular formula is C11H21NO. The van der Waals surface area contributed by atoms with E-state index in [0.717, 1.165) is 32.4 Å². The van der Waals surface area contributed by atoms with Gasteiger partial charge in [-0.05, 0) is 24.8 Å². The average Bonchev–Trinajstić information content (AvgIpc) is 2.04. The Morgan fingerprint density at radius 2 is 2.15 bits per heavy atom. The largest absolute Gasteiger partial charge is 0.396 e. The minimum Gasteiger partial charge on any atom is -0.396 e. The van der Waals surface area contributed by atoms with Crippen molar-refractivity contribution < 1.29 is 5.11 Å². The van der Waals surface area contributed by atoms with Crippen LogP contribution >= 0.6 is 0 Å². The minimum atomic E-state index is 0.185.